The SMILES string of the molecule is Bc1ccc(C)cc1.F. The van der Waals surface area contributed by atoms with E-state index in [1.807, 2.05) is 0 Å². The van der Waals surface area contributed by atoms with Gasteiger partial charge in [0.15, 0.2) is 0 Å². The minimum Gasteiger partial charge on any atom is -0.269 e. The van der Waals surface area contributed by atoms with Crippen molar-refractivity contribution in [2.75, 3.05) is 0 Å². The van der Waals surface area contributed by atoms with Crippen LogP contribution >= 0.6 is 0 Å². The first-order valence-electron chi connectivity index (χ1n) is 2.82. The molecule has 9 heavy (non-hydrogen) atoms. The quantitative estimate of drug-likeness (QED) is 0.439. The summed E-state index contributed by atoms with van der Waals surface area (Å²) in [6, 6.07) is 8.48. The maximum atomic E-state index is 2.12. The largest absolute Gasteiger partial charge is 0.269 e. The van der Waals surface area contributed by atoms with Gasteiger partial charge in [0.05, 0.1) is 0 Å². The van der Waals surface area contributed by atoms with Crippen molar-refractivity contribution in [3.8, 4) is 0 Å². The lowest BCUT2D eigenvalue weighted by molar-refractivity contribution is 1.11. The van der Waals surface area contributed by atoms with E-state index in [0.717, 1.165) is 0 Å². The summed E-state index contributed by atoms with van der Waals surface area (Å²) in [6.45, 7) is 2.10. The summed E-state index contributed by atoms with van der Waals surface area (Å²) in [7, 11) is 2.10. The van der Waals surface area contributed by atoms with Crippen LogP contribution in [0.15, 0.2) is 24.3 Å². The van der Waals surface area contributed by atoms with Gasteiger partial charge in [-0.05, 0) is 6.92 Å². The number of hydrogen-bond donors (Lipinski definition) is 0. The maximum Gasteiger partial charge on any atom is 0.139 e. The smallest absolute Gasteiger partial charge is 0.139 e. The van der Waals surface area contributed by atoms with E-state index in [1.165, 1.54) is 11.0 Å². The minimum absolute atomic E-state index is 0. The van der Waals surface area contributed by atoms with Crippen molar-refractivity contribution in [1.29, 1.82) is 0 Å². The molecule has 0 spiro atoms. The van der Waals surface area contributed by atoms with Crippen molar-refractivity contribution >= 4 is 13.3 Å². The van der Waals surface area contributed by atoms with Gasteiger partial charge in [0.2, 0.25) is 0 Å². The zero-order valence-corrected chi connectivity index (χ0v) is 5.72. The van der Waals surface area contributed by atoms with E-state index in [9.17, 15) is 0 Å². The van der Waals surface area contributed by atoms with Crippen LogP contribution in [0.4, 0.5) is 4.70 Å². The highest BCUT2D eigenvalue weighted by Gasteiger charge is 1.79. The van der Waals surface area contributed by atoms with Gasteiger partial charge in [0, 0.05) is 0 Å². The lowest BCUT2D eigenvalue weighted by Crippen LogP contribution is -1.98. The molecule has 0 amide bonds. The summed E-state index contributed by atoms with van der Waals surface area (Å²) < 4.78 is 0. The highest BCUT2D eigenvalue weighted by molar-refractivity contribution is 6.32. The Morgan fingerprint density at radius 2 is 1.56 bits per heavy atom. The molecule has 0 atom stereocenters. The average Bonchev–Trinajstić information content (AvgIpc) is 1.77. The van der Waals surface area contributed by atoms with E-state index in [-0.39, 0.29) is 4.70 Å². The molecular formula is C7H10BF. The van der Waals surface area contributed by atoms with Crippen molar-refractivity contribution in [1.82, 2.24) is 0 Å². The molecule has 1 rings (SSSR count). The van der Waals surface area contributed by atoms with Gasteiger partial charge in [-0.3, -0.25) is 4.70 Å². The summed E-state index contributed by atoms with van der Waals surface area (Å²) in [5.74, 6) is 0. The Balaban J connectivity index is 0.000000640. The molecule has 0 aromatic heterocycles. The highest BCUT2D eigenvalue weighted by Crippen LogP contribution is 1.90. The van der Waals surface area contributed by atoms with Gasteiger partial charge >= 0.3 is 0 Å². The lowest BCUT2D eigenvalue weighted by Gasteiger charge is -1.90. The van der Waals surface area contributed by atoms with Crippen molar-refractivity contribution in [2.45, 2.75) is 6.92 Å². The molecule has 0 unspecified atom stereocenters. The van der Waals surface area contributed by atoms with Crippen LogP contribution in [-0.2, 0) is 0 Å². The predicted octanol–water partition coefficient (Wildman–Crippen LogP) is 0.406. The molecule has 0 fully saturated rings. The van der Waals surface area contributed by atoms with E-state index in [2.05, 4.69) is 39.0 Å². The monoisotopic (exact) mass is 124 g/mol. The molecule has 48 valence electrons. The van der Waals surface area contributed by atoms with Crippen molar-refractivity contribution in [3.63, 3.8) is 0 Å². The van der Waals surface area contributed by atoms with Crippen molar-refractivity contribution in [3.05, 3.63) is 29.8 Å². The molecule has 0 radical (unpaired) electrons. The molecule has 0 bridgehead atoms. The van der Waals surface area contributed by atoms with Gasteiger partial charge in [-0.2, -0.15) is 0 Å². The predicted molar refractivity (Wildman–Crippen MR) is 41.9 cm³/mol. The van der Waals surface area contributed by atoms with Gasteiger partial charge in [0.25, 0.3) is 0 Å². The molecule has 1 aromatic carbocycles. The molecule has 0 saturated carbocycles. The minimum atomic E-state index is 0. The van der Waals surface area contributed by atoms with Crippen LogP contribution in [-0.4, -0.2) is 7.85 Å². The Bertz CT molecular complexity index is 148. The Hall–Kier alpha value is -0.785. The summed E-state index contributed by atoms with van der Waals surface area (Å²) >= 11 is 0. The molecule has 0 aliphatic heterocycles. The second-order valence-electron chi connectivity index (χ2n) is 2.15. The number of benzene rings is 1. The van der Waals surface area contributed by atoms with E-state index >= 15 is 0 Å². The van der Waals surface area contributed by atoms with Crippen LogP contribution in [0.3, 0.4) is 0 Å². The van der Waals surface area contributed by atoms with Gasteiger partial charge in [-0.1, -0.05) is 35.3 Å². The Morgan fingerprint density at radius 1 is 1.11 bits per heavy atom. The van der Waals surface area contributed by atoms with E-state index < -0.39 is 0 Å². The molecule has 2 heteroatoms. The first kappa shape index (κ1) is 8.21. The molecule has 0 saturated heterocycles. The van der Waals surface area contributed by atoms with Gasteiger partial charge in [-0.25, -0.2) is 0 Å². The first-order chi connectivity index (χ1) is 3.79. The fourth-order valence-electron chi connectivity index (χ4n) is 0.637. The third-order valence-electron chi connectivity index (χ3n) is 1.22. The molecule has 0 nitrogen and oxygen atoms in total. The fourth-order valence-corrected chi connectivity index (χ4v) is 0.637. The molecule has 0 aliphatic rings. The standard InChI is InChI=1S/C7H9B.FH/c1-6-2-4-7(8)5-3-6;/h2-5H,8H2,1H3;1H. The van der Waals surface area contributed by atoms with E-state index in [4.69, 9.17) is 0 Å². The van der Waals surface area contributed by atoms with Crippen LogP contribution in [0.1, 0.15) is 5.56 Å². The second-order valence-corrected chi connectivity index (χ2v) is 2.15. The van der Waals surface area contributed by atoms with Gasteiger partial charge in [0.1, 0.15) is 7.85 Å². The fraction of sp³-hybridized carbons (Fsp3) is 0.143. The normalized spacial score (nSPS) is 8.11. The molecule has 0 heterocycles. The average molecular weight is 124 g/mol. The molecule has 0 aliphatic carbocycles. The third kappa shape index (κ3) is 2.31. The number of halogens is 1. The van der Waals surface area contributed by atoms with Crippen LogP contribution < -0.4 is 5.46 Å². The molecular weight excluding hydrogens is 114 g/mol. The molecule has 1 aromatic rings. The second kappa shape index (κ2) is 3.28. The third-order valence-corrected chi connectivity index (χ3v) is 1.22. The summed E-state index contributed by atoms with van der Waals surface area (Å²) in [5.41, 5.74) is 2.66. The van der Waals surface area contributed by atoms with Gasteiger partial charge < -0.3 is 0 Å². The molecule has 0 N–H and O–H groups in total. The zero-order valence-electron chi connectivity index (χ0n) is 5.72. The Morgan fingerprint density at radius 3 is 1.89 bits per heavy atom. The van der Waals surface area contributed by atoms with Gasteiger partial charge in [-0.15, -0.1) is 0 Å². The Labute approximate surface area is 55.7 Å². The lowest BCUT2D eigenvalue weighted by atomic mass is 9.96. The van der Waals surface area contributed by atoms with Crippen LogP contribution in [0.5, 0.6) is 0 Å². The summed E-state index contributed by atoms with van der Waals surface area (Å²) in [5, 5.41) is 0. The Kier molecular flexibility index (Phi) is 3.00. The van der Waals surface area contributed by atoms with Crippen LogP contribution in [0.2, 0.25) is 0 Å². The van der Waals surface area contributed by atoms with Crippen molar-refractivity contribution < 1.29 is 4.70 Å². The number of rotatable bonds is 0. The number of hydrogen-bond acceptors (Lipinski definition) is 0. The highest BCUT2D eigenvalue weighted by atomic mass is 19.0. The summed E-state index contributed by atoms with van der Waals surface area (Å²) in [4.78, 5) is 0. The zero-order chi connectivity index (χ0) is 5.98. The summed E-state index contributed by atoms with van der Waals surface area (Å²) in [6.07, 6.45) is 0. The maximum absolute atomic E-state index is 2.12. The van der Waals surface area contributed by atoms with E-state index in [0.29, 0.717) is 0 Å². The van der Waals surface area contributed by atoms with Crippen molar-refractivity contribution in [2.24, 2.45) is 0 Å². The topological polar surface area (TPSA) is 0 Å². The van der Waals surface area contributed by atoms with E-state index in [1.54, 1.807) is 0 Å². The number of aryl methyl sites for hydroxylation is 1. The van der Waals surface area contributed by atoms with Crippen LogP contribution in [0, 0.1) is 6.92 Å². The first-order valence-corrected chi connectivity index (χ1v) is 2.82. The van der Waals surface area contributed by atoms with Crippen LogP contribution in [0.25, 0.3) is 0 Å².